The molecule has 6 nitrogen and oxygen atoms in total. The molecule has 0 saturated carbocycles. The van der Waals surface area contributed by atoms with Gasteiger partial charge in [0.15, 0.2) is 5.82 Å². The molecular formula is C17H18FN5O. The maximum Gasteiger partial charge on any atom is 0.223 e. The first-order valence-electron chi connectivity index (χ1n) is 7.52. The summed E-state index contributed by atoms with van der Waals surface area (Å²) >= 11 is 0. The van der Waals surface area contributed by atoms with Gasteiger partial charge >= 0.3 is 0 Å². The number of imidazole rings is 1. The van der Waals surface area contributed by atoms with Gasteiger partial charge in [0.2, 0.25) is 5.95 Å². The Kier molecular flexibility index (Phi) is 4.81. The molecule has 0 spiro atoms. The summed E-state index contributed by atoms with van der Waals surface area (Å²) in [7, 11) is 3.52. The second-order valence-corrected chi connectivity index (χ2v) is 5.25. The van der Waals surface area contributed by atoms with Crippen LogP contribution in [-0.2, 0) is 11.8 Å². The number of halogens is 1. The van der Waals surface area contributed by atoms with E-state index in [1.165, 1.54) is 12.1 Å². The van der Waals surface area contributed by atoms with Crippen molar-refractivity contribution in [2.24, 2.45) is 7.05 Å². The van der Waals surface area contributed by atoms with Crippen LogP contribution >= 0.6 is 0 Å². The molecule has 0 saturated heterocycles. The fraction of sp³-hybridized carbons (Fsp3) is 0.235. The van der Waals surface area contributed by atoms with Crippen molar-refractivity contribution in [2.45, 2.75) is 0 Å². The van der Waals surface area contributed by atoms with Crippen molar-refractivity contribution < 1.29 is 9.13 Å². The maximum atomic E-state index is 13.6. The monoisotopic (exact) mass is 327 g/mol. The normalized spacial score (nSPS) is 10.8. The Bertz CT molecular complexity index is 833. The molecule has 0 aliphatic rings. The SMILES string of the molecule is COCCNc1ncc(-c2cccc(F)c2)c(-c2nccn2C)n1. The molecule has 1 aromatic carbocycles. The lowest BCUT2D eigenvalue weighted by atomic mass is 10.1. The standard InChI is InChI=1S/C17H18FN5O/c1-23-8-6-19-16(23)15-14(12-4-3-5-13(18)10-12)11-21-17(22-15)20-7-9-24-2/h3-6,8,10-11H,7,9H2,1-2H3,(H,20,21,22). The summed E-state index contributed by atoms with van der Waals surface area (Å²) in [6.45, 7) is 1.14. The van der Waals surface area contributed by atoms with Gasteiger partial charge in [0.05, 0.1) is 6.61 Å². The molecule has 124 valence electrons. The average molecular weight is 327 g/mol. The molecule has 7 heteroatoms. The topological polar surface area (TPSA) is 64.9 Å². The van der Waals surface area contributed by atoms with Crippen molar-refractivity contribution >= 4 is 5.95 Å². The Labute approximate surface area is 139 Å². The number of aryl methyl sites for hydroxylation is 1. The lowest BCUT2D eigenvalue weighted by Crippen LogP contribution is -2.11. The quantitative estimate of drug-likeness (QED) is 0.705. The van der Waals surface area contributed by atoms with Crippen LogP contribution in [0.25, 0.3) is 22.6 Å². The van der Waals surface area contributed by atoms with E-state index in [2.05, 4.69) is 20.3 Å². The van der Waals surface area contributed by atoms with Crippen LogP contribution in [0, 0.1) is 5.82 Å². The summed E-state index contributed by atoms with van der Waals surface area (Å²) in [4.78, 5) is 13.2. The number of nitrogens with zero attached hydrogens (tertiary/aromatic N) is 4. The van der Waals surface area contributed by atoms with E-state index < -0.39 is 0 Å². The Morgan fingerprint density at radius 1 is 1.29 bits per heavy atom. The third-order valence-corrected chi connectivity index (χ3v) is 3.55. The van der Waals surface area contributed by atoms with Crippen molar-refractivity contribution in [1.29, 1.82) is 0 Å². The minimum absolute atomic E-state index is 0.305. The molecule has 2 heterocycles. The molecule has 0 aliphatic heterocycles. The number of aromatic nitrogens is 4. The summed E-state index contributed by atoms with van der Waals surface area (Å²) in [5.74, 6) is 0.859. The number of rotatable bonds is 6. The summed E-state index contributed by atoms with van der Waals surface area (Å²) < 4.78 is 20.5. The summed E-state index contributed by atoms with van der Waals surface area (Å²) in [5.41, 5.74) is 2.07. The molecular weight excluding hydrogens is 309 g/mol. The van der Waals surface area contributed by atoms with Crippen molar-refractivity contribution in [3.8, 4) is 22.6 Å². The van der Waals surface area contributed by atoms with Crippen LogP contribution in [0.3, 0.4) is 0 Å². The molecule has 0 unspecified atom stereocenters. The molecule has 2 aromatic heterocycles. The average Bonchev–Trinajstić information content (AvgIpc) is 3.01. The first-order valence-corrected chi connectivity index (χ1v) is 7.52. The van der Waals surface area contributed by atoms with E-state index in [1.54, 1.807) is 25.6 Å². The van der Waals surface area contributed by atoms with Crippen LogP contribution in [0.15, 0.2) is 42.9 Å². The van der Waals surface area contributed by atoms with Crippen molar-refractivity contribution in [1.82, 2.24) is 19.5 Å². The minimum Gasteiger partial charge on any atom is -0.383 e. The lowest BCUT2D eigenvalue weighted by molar-refractivity contribution is 0.210. The molecule has 0 aliphatic carbocycles. The Balaban J connectivity index is 2.06. The summed E-state index contributed by atoms with van der Waals surface area (Å²) in [6, 6.07) is 6.36. The highest BCUT2D eigenvalue weighted by Crippen LogP contribution is 2.30. The zero-order chi connectivity index (χ0) is 16.9. The van der Waals surface area contributed by atoms with E-state index in [0.717, 1.165) is 5.56 Å². The van der Waals surface area contributed by atoms with E-state index in [-0.39, 0.29) is 5.82 Å². The van der Waals surface area contributed by atoms with Crippen LogP contribution in [0.5, 0.6) is 0 Å². The molecule has 3 rings (SSSR count). The van der Waals surface area contributed by atoms with Gasteiger partial charge in [-0.15, -0.1) is 0 Å². The largest absolute Gasteiger partial charge is 0.383 e. The number of nitrogens with one attached hydrogen (secondary N) is 1. The second kappa shape index (κ2) is 7.18. The molecule has 1 N–H and O–H groups in total. The summed E-state index contributed by atoms with van der Waals surface area (Å²) in [6.07, 6.45) is 5.22. The van der Waals surface area contributed by atoms with E-state index in [1.807, 2.05) is 23.9 Å². The predicted molar refractivity (Wildman–Crippen MR) is 90.0 cm³/mol. The van der Waals surface area contributed by atoms with E-state index in [9.17, 15) is 4.39 Å². The van der Waals surface area contributed by atoms with Crippen LogP contribution < -0.4 is 5.32 Å². The van der Waals surface area contributed by atoms with Crippen LogP contribution in [-0.4, -0.2) is 39.8 Å². The Morgan fingerprint density at radius 2 is 2.17 bits per heavy atom. The number of hydrogen-bond acceptors (Lipinski definition) is 5. The molecule has 3 aromatic rings. The third kappa shape index (κ3) is 3.41. The number of ether oxygens (including phenoxy) is 1. The first kappa shape index (κ1) is 16.1. The Hall–Kier alpha value is -2.80. The Morgan fingerprint density at radius 3 is 2.88 bits per heavy atom. The van der Waals surface area contributed by atoms with Crippen LogP contribution in [0.1, 0.15) is 0 Å². The van der Waals surface area contributed by atoms with Gasteiger partial charge in [-0.3, -0.25) is 0 Å². The maximum absolute atomic E-state index is 13.6. The smallest absolute Gasteiger partial charge is 0.223 e. The fourth-order valence-corrected chi connectivity index (χ4v) is 2.36. The van der Waals surface area contributed by atoms with Gasteiger partial charge in [-0.1, -0.05) is 12.1 Å². The van der Waals surface area contributed by atoms with Gasteiger partial charge < -0.3 is 14.6 Å². The number of methoxy groups -OCH3 is 1. The second-order valence-electron chi connectivity index (χ2n) is 5.25. The van der Waals surface area contributed by atoms with Crippen molar-refractivity contribution in [2.75, 3.05) is 25.6 Å². The first-order chi connectivity index (χ1) is 11.7. The molecule has 0 atom stereocenters. The lowest BCUT2D eigenvalue weighted by Gasteiger charge is -2.11. The highest BCUT2D eigenvalue weighted by atomic mass is 19.1. The van der Waals surface area contributed by atoms with Gasteiger partial charge in [0.25, 0.3) is 0 Å². The molecule has 0 amide bonds. The highest BCUT2D eigenvalue weighted by molar-refractivity contribution is 5.78. The molecule has 0 fully saturated rings. The fourth-order valence-electron chi connectivity index (χ4n) is 2.36. The van der Waals surface area contributed by atoms with E-state index >= 15 is 0 Å². The summed E-state index contributed by atoms with van der Waals surface area (Å²) in [5, 5.41) is 3.10. The van der Waals surface area contributed by atoms with Gasteiger partial charge in [-0.25, -0.2) is 19.3 Å². The number of hydrogen-bond donors (Lipinski definition) is 1. The van der Waals surface area contributed by atoms with E-state index in [0.29, 0.717) is 36.2 Å². The van der Waals surface area contributed by atoms with Gasteiger partial charge in [0, 0.05) is 44.9 Å². The van der Waals surface area contributed by atoms with Crippen molar-refractivity contribution in [3.63, 3.8) is 0 Å². The van der Waals surface area contributed by atoms with Crippen LogP contribution in [0.4, 0.5) is 10.3 Å². The zero-order valence-corrected chi connectivity index (χ0v) is 13.5. The number of benzene rings is 1. The van der Waals surface area contributed by atoms with Crippen molar-refractivity contribution in [3.05, 3.63) is 48.7 Å². The minimum atomic E-state index is -0.305. The van der Waals surface area contributed by atoms with Gasteiger partial charge in [-0.2, -0.15) is 0 Å². The highest BCUT2D eigenvalue weighted by Gasteiger charge is 2.15. The van der Waals surface area contributed by atoms with Gasteiger partial charge in [-0.05, 0) is 17.7 Å². The zero-order valence-electron chi connectivity index (χ0n) is 13.5. The molecule has 24 heavy (non-hydrogen) atoms. The van der Waals surface area contributed by atoms with Crippen LogP contribution in [0.2, 0.25) is 0 Å². The number of anilines is 1. The van der Waals surface area contributed by atoms with Gasteiger partial charge in [0.1, 0.15) is 11.5 Å². The van der Waals surface area contributed by atoms with E-state index in [4.69, 9.17) is 4.74 Å². The third-order valence-electron chi connectivity index (χ3n) is 3.55. The molecule has 0 bridgehead atoms. The molecule has 0 radical (unpaired) electrons. The predicted octanol–water partition coefficient (Wildman–Crippen LogP) is 2.74.